The van der Waals surface area contributed by atoms with E-state index in [4.69, 9.17) is 9.11 Å². The molecule has 3 aromatic rings. The van der Waals surface area contributed by atoms with E-state index in [-0.39, 0.29) is 0 Å². The van der Waals surface area contributed by atoms with Crippen molar-refractivity contribution in [1.29, 1.82) is 0 Å². The number of benzene rings is 2. The number of rotatable bonds is 1. The highest BCUT2D eigenvalue weighted by atomic mass is 33.2. The first-order valence-corrected chi connectivity index (χ1v) is 8.00. The Bertz CT molecular complexity index is 691. The number of para-hydroxylation sites is 2. The van der Waals surface area contributed by atoms with Gasteiger partial charge in [-0.1, -0.05) is 36.4 Å². The highest BCUT2D eigenvalue weighted by Crippen LogP contribution is 2.24. The Hall–Kier alpha value is -1.54. The number of aromatic amines is 1. The predicted molar refractivity (Wildman–Crippen MR) is 77.3 cm³/mol. The third-order valence-corrected chi connectivity index (χ3v) is 3.51. The van der Waals surface area contributed by atoms with Gasteiger partial charge in [-0.3, -0.25) is 9.11 Å². The molecule has 7 heteroatoms. The lowest BCUT2D eigenvalue weighted by Crippen LogP contribution is -1.93. The molecule has 5 nitrogen and oxygen atoms in total. The maximum Gasteiger partial charge on any atom is 0.274 e. The fourth-order valence-electron chi connectivity index (χ4n) is 1.80. The molecule has 0 fully saturated rings. The van der Waals surface area contributed by atoms with Gasteiger partial charge in [-0.05, 0) is 12.1 Å². The van der Waals surface area contributed by atoms with E-state index in [0.717, 1.165) is 0 Å². The van der Waals surface area contributed by atoms with E-state index in [0.29, 0.717) is 0 Å². The van der Waals surface area contributed by atoms with Crippen LogP contribution in [0.25, 0.3) is 21.8 Å². The third kappa shape index (κ3) is 3.27. The normalized spacial score (nSPS) is 13.8. The smallest absolute Gasteiger partial charge is 0.274 e. The Morgan fingerprint density at radius 2 is 1.11 bits per heavy atom. The first kappa shape index (κ1) is 13.9. The maximum atomic E-state index is 9.26. The average Bonchev–Trinajstić information content (AvgIpc) is 2.78. The largest absolute Gasteiger partial charge is 0.355 e. The molecule has 0 aliphatic rings. The maximum absolute atomic E-state index is 9.26. The van der Waals surface area contributed by atoms with E-state index in [1.807, 2.05) is 0 Å². The molecular formula is C12H11NO4S2. The second kappa shape index (κ2) is 6.07. The number of nitrogens with one attached hydrogen (secondary N) is 1. The van der Waals surface area contributed by atoms with Crippen molar-refractivity contribution in [2.75, 3.05) is 0 Å². The molecule has 19 heavy (non-hydrogen) atoms. The highest BCUT2D eigenvalue weighted by Gasteiger charge is 2.00. The summed E-state index contributed by atoms with van der Waals surface area (Å²) in [6, 6.07) is 16.8. The van der Waals surface area contributed by atoms with Crippen LogP contribution in [0.2, 0.25) is 0 Å². The molecular weight excluding hydrogens is 286 g/mol. The van der Waals surface area contributed by atoms with Gasteiger partial charge >= 0.3 is 0 Å². The summed E-state index contributed by atoms with van der Waals surface area (Å²) in [5.41, 5.74) is 2.42. The van der Waals surface area contributed by atoms with Crippen molar-refractivity contribution in [3.8, 4) is 0 Å². The van der Waals surface area contributed by atoms with E-state index in [1.165, 1.54) is 21.8 Å². The van der Waals surface area contributed by atoms with Crippen LogP contribution in [-0.2, 0) is 20.2 Å². The molecule has 0 radical (unpaired) electrons. The second-order valence-electron chi connectivity index (χ2n) is 3.65. The summed E-state index contributed by atoms with van der Waals surface area (Å²) in [5.74, 6) is 0. The standard InChI is InChI=1S/C12H9N.H2O4S2/c1-3-7-11-9(5-1)10-6-2-4-8-12(10)13-11;1-5(2)6(3)4/h1-8,13H;(H,1,2)(H,3,4). The predicted octanol–water partition coefficient (Wildman–Crippen LogP) is 2.67. The summed E-state index contributed by atoms with van der Waals surface area (Å²) in [6.45, 7) is 0. The van der Waals surface area contributed by atoms with Gasteiger partial charge < -0.3 is 4.98 Å². The molecule has 0 bridgehead atoms. The van der Waals surface area contributed by atoms with Gasteiger partial charge in [-0.15, -0.1) is 0 Å². The summed E-state index contributed by atoms with van der Waals surface area (Å²) >= 11 is 0. The Morgan fingerprint density at radius 1 is 0.737 bits per heavy atom. The molecule has 100 valence electrons. The van der Waals surface area contributed by atoms with Crippen molar-refractivity contribution < 1.29 is 17.5 Å². The average molecular weight is 297 g/mol. The highest BCUT2D eigenvalue weighted by molar-refractivity contribution is 8.56. The summed E-state index contributed by atoms with van der Waals surface area (Å²) in [7, 11) is -5.18. The summed E-state index contributed by atoms with van der Waals surface area (Å²) in [4.78, 5) is 3.38. The number of fused-ring (bicyclic) bond motifs is 3. The molecule has 3 rings (SSSR count). The molecule has 0 amide bonds. The molecule has 0 aliphatic heterocycles. The minimum Gasteiger partial charge on any atom is -0.355 e. The first-order valence-electron chi connectivity index (χ1n) is 5.27. The van der Waals surface area contributed by atoms with Crippen LogP contribution in [0.5, 0.6) is 0 Å². The van der Waals surface area contributed by atoms with Gasteiger partial charge in [0, 0.05) is 21.8 Å². The van der Waals surface area contributed by atoms with Crippen LogP contribution in [0, 0.1) is 0 Å². The van der Waals surface area contributed by atoms with Crippen LogP contribution in [0.1, 0.15) is 0 Å². The van der Waals surface area contributed by atoms with Crippen LogP contribution >= 0.6 is 0 Å². The summed E-state index contributed by atoms with van der Waals surface area (Å²) in [6.07, 6.45) is 0. The van der Waals surface area contributed by atoms with E-state index >= 15 is 0 Å². The van der Waals surface area contributed by atoms with Crippen molar-refractivity contribution in [1.82, 2.24) is 4.98 Å². The monoisotopic (exact) mass is 297 g/mol. The minimum atomic E-state index is -2.59. The van der Waals surface area contributed by atoms with Crippen molar-refractivity contribution in [3.63, 3.8) is 0 Å². The lowest BCUT2D eigenvalue weighted by atomic mass is 10.2. The number of hydrogen-bond donors (Lipinski definition) is 3. The zero-order chi connectivity index (χ0) is 13.8. The van der Waals surface area contributed by atoms with Gasteiger partial charge in [0.15, 0.2) is 0 Å². The zero-order valence-electron chi connectivity index (χ0n) is 9.65. The minimum absolute atomic E-state index is 1.21. The second-order valence-corrected chi connectivity index (χ2v) is 6.23. The van der Waals surface area contributed by atoms with E-state index in [9.17, 15) is 8.42 Å². The van der Waals surface area contributed by atoms with Gasteiger partial charge in [0.25, 0.3) is 20.2 Å². The lowest BCUT2D eigenvalue weighted by molar-refractivity contribution is 0.548. The molecule has 0 spiro atoms. The summed E-state index contributed by atoms with van der Waals surface area (Å²) < 4.78 is 33.6. The molecule has 2 unspecified atom stereocenters. The molecule has 0 aliphatic carbocycles. The van der Waals surface area contributed by atoms with E-state index < -0.39 is 20.2 Å². The van der Waals surface area contributed by atoms with Crippen LogP contribution < -0.4 is 0 Å². The molecule has 0 saturated heterocycles. The zero-order valence-corrected chi connectivity index (χ0v) is 11.3. The SMILES string of the molecule is O=S(O)S(=O)O.c1ccc2c(c1)[nH]c1ccccc12. The van der Waals surface area contributed by atoms with Gasteiger partial charge in [-0.2, -0.15) is 0 Å². The number of H-pyrrole nitrogens is 1. The van der Waals surface area contributed by atoms with Crippen molar-refractivity contribution in [3.05, 3.63) is 48.5 Å². The Kier molecular flexibility index (Phi) is 4.43. The fourth-order valence-corrected chi connectivity index (χ4v) is 1.80. The van der Waals surface area contributed by atoms with Crippen LogP contribution in [0.15, 0.2) is 48.5 Å². The van der Waals surface area contributed by atoms with Gasteiger partial charge in [0.2, 0.25) is 0 Å². The van der Waals surface area contributed by atoms with Gasteiger partial charge in [-0.25, -0.2) is 8.42 Å². The van der Waals surface area contributed by atoms with Crippen molar-refractivity contribution in [2.24, 2.45) is 0 Å². The molecule has 2 aromatic carbocycles. The Balaban J connectivity index is 0.000000192. The number of aromatic nitrogens is 1. The van der Waals surface area contributed by atoms with Crippen molar-refractivity contribution in [2.45, 2.75) is 0 Å². The Morgan fingerprint density at radius 3 is 1.47 bits per heavy atom. The van der Waals surface area contributed by atoms with Crippen molar-refractivity contribution >= 4 is 42.0 Å². The lowest BCUT2D eigenvalue weighted by Gasteiger charge is -1.87. The quantitative estimate of drug-likeness (QED) is 0.476. The van der Waals surface area contributed by atoms with E-state index in [1.54, 1.807) is 0 Å². The summed E-state index contributed by atoms with van der Waals surface area (Å²) in [5, 5.41) is 2.61. The molecule has 0 saturated carbocycles. The van der Waals surface area contributed by atoms with Gasteiger partial charge in [0.1, 0.15) is 0 Å². The topological polar surface area (TPSA) is 90.4 Å². The Labute approximate surface area is 113 Å². The van der Waals surface area contributed by atoms with E-state index in [2.05, 4.69) is 53.5 Å². The van der Waals surface area contributed by atoms with Crippen LogP contribution in [0.4, 0.5) is 0 Å². The number of hydrogen-bond acceptors (Lipinski definition) is 2. The molecule has 1 heterocycles. The van der Waals surface area contributed by atoms with Gasteiger partial charge in [0.05, 0.1) is 0 Å². The van der Waals surface area contributed by atoms with Crippen LogP contribution in [-0.4, -0.2) is 22.5 Å². The fraction of sp³-hybridized carbons (Fsp3) is 0. The molecule has 2 atom stereocenters. The molecule has 1 aromatic heterocycles. The first-order chi connectivity index (χ1) is 9.09. The molecule has 3 N–H and O–H groups in total. The van der Waals surface area contributed by atoms with Crippen LogP contribution in [0.3, 0.4) is 0 Å². The third-order valence-electron chi connectivity index (χ3n) is 2.54.